The number of likely N-dealkylation sites (tertiary alicyclic amines) is 1. The van der Waals surface area contributed by atoms with Gasteiger partial charge in [-0.1, -0.05) is 4.40 Å². The van der Waals surface area contributed by atoms with Crippen molar-refractivity contribution in [3.63, 3.8) is 0 Å². The Bertz CT molecular complexity index is 782. The van der Waals surface area contributed by atoms with Crippen molar-refractivity contribution in [3.8, 4) is 0 Å². The molecule has 1 amide bonds. The highest BCUT2D eigenvalue weighted by Gasteiger charge is 2.50. The molecular formula is C20H31N3O3S2. The van der Waals surface area contributed by atoms with Crippen molar-refractivity contribution in [1.29, 1.82) is 0 Å². The number of aryl methyl sites for hydroxylation is 1. The zero-order chi connectivity index (χ0) is 20.9. The average Bonchev–Trinajstić information content (AvgIpc) is 3.00. The predicted molar refractivity (Wildman–Crippen MR) is 114 cm³/mol. The van der Waals surface area contributed by atoms with Gasteiger partial charge in [0.25, 0.3) is 0 Å². The highest BCUT2D eigenvalue weighted by Crippen LogP contribution is 2.47. The van der Waals surface area contributed by atoms with Crippen LogP contribution >= 0.6 is 11.3 Å². The highest BCUT2D eigenvalue weighted by molar-refractivity contribution is 7.91. The first-order valence-electron chi connectivity index (χ1n) is 9.77. The van der Waals surface area contributed by atoms with Gasteiger partial charge in [0, 0.05) is 24.9 Å². The number of carbonyl (C=O) groups excluding carboxylic acids is 1. The van der Waals surface area contributed by atoms with Crippen LogP contribution in [0.15, 0.2) is 4.40 Å². The van der Waals surface area contributed by atoms with Crippen LogP contribution in [0.25, 0.3) is 0 Å². The minimum absolute atomic E-state index is 0.179. The van der Waals surface area contributed by atoms with Gasteiger partial charge in [0.05, 0.1) is 15.6 Å². The van der Waals surface area contributed by atoms with Crippen LogP contribution < -0.4 is 0 Å². The van der Waals surface area contributed by atoms with Gasteiger partial charge in [-0.2, -0.15) is 0 Å². The van der Waals surface area contributed by atoms with E-state index in [1.54, 1.807) is 16.2 Å². The molecule has 2 aliphatic rings. The number of fused-ring (bicyclic) bond motifs is 1. The molecule has 1 saturated heterocycles. The molecule has 0 N–H and O–H groups in total. The summed E-state index contributed by atoms with van der Waals surface area (Å²) in [5, 5.41) is 1.01. The van der Waals surface area contributed by atoms with Crippen LogP contribution in [0.5, 0.6) is 0 Å². The van der Waals surface area contributed by atoms with Crippen LogP contribution in [0.3, 0.4) is 0 Å². The van der Waals surface area contributed by atoms with Gasteiger partial charge in [-0.05, 0) is 61.3 Å². The summed E-state index contributed by atoms with van der Waals surface area (Å²) in [6, 6.07) is 0. The van der Waals surface area contributed by atoms with Crippen LogP contribution in [0.4, 0.5) is 4.79 Å². The fourth-order valence-corrected chi connectivity index (χ4v) is 5.46. The molecule has 2 heterocycles. The van der Waals surface area contributed by atoms with Crippen molar-refractivity contribution < 1.29 is 14.1 Å². The van der Waals surface area contributed by atoms with Crippen LogP contribution in [0, 0.1) is 12.3 Å². The second-order valence-electron chi connectivity index (χ2n) is 9.73. The molecular weight excluding hydrogens is 394 g/mol. The van der Waals surface area contributed by atoms with Crippen molar-refractivity contribution in [2.45, 2.75) is 78.1 Å². The molecule has 8 heteroatoms. The fourth-order valence-electron chi connectivity index (χ4n) is 3.64. The van der Waals surface area contributed by atoms with Gasteiger partial charge in [0.2, 0.25) is 0 Å². The zero-order valence-corrected chi connectivity index (χ0v) is 19.6. The van der Waals surface area contributed by atoms with Gasteiger partial charge >= 0.3 is 6.09 Å². The average molecular weight is 426 g/mol. The zero-order valence-electron chi connectivity index (χ0n) is 17.9. The summed E-state index contributed by atoms with van der Waals surface area (Å²) >= 11 is 0.316. The molecule has 1 aromatic heterocycles. The molecule has 156 valence electrons. The Kier molecular flexibility index (Phi) is 5.62. The Labute approximate surface area is 175 Å². The Morgan fingerprint density at radius 1 is 1.25 bits per heavy atom. The lowest BCUT2D eigenvalue weighted by molar-refractivity contribution is 0.0159. The van der Waals surface area contributed by atoms with E-state index in [1.807, 2.05) is 48.5 Å². The first kappa shape index (κ1) is 21.6. The van der Waals surface area contributed by atoms with Gasteiger partial charge in [-0.3, -0.25) is 0 Å². The second-order valence-corrected chi connectivity index (χ2v) is 12.8. The summed E-state index contributed by atoms with van der Waals surface area (Å²) in [7, 11) is 0. The number of ether oxygens (including phenoxy) is 1. The summed E-state index contributed by atoms with van der Waals surface area (Å²) < 4.78 is 22.7. The number of hydrogen-bond donors (Lipinski definition) is 0. The van der Waals surface area contributed by atoms with Gasteiger partial charge in [-0.25, -0.2) is 9.78 Å². The summed E-state index contributed by atoms with van der Waals surface area (Å²) in [6.45, 7) is 14.7. The van der Waals surface area contributed by atoms with E-state index in [-0.39, 0.29) is 11.5 Å². The molecule has 1 aliphatic heterocycles. The van der Waals surface area contributed by atoms with E-state index in [4.69, 9.17) is 14.1 Å². The fraction of sp³-hybridized carbons (Fsp3) is 0.750. The molecule has 1 spiro atoms. The summed E-state index contributed by atoms with van der Waals surface area (Å²) in [5.74, 6) is 0. The predicted octanol–water partition coefficient (Wildman–Crippen LogP) is 4.28. The monoisotopic (exact) mass is 425 g/mol. The number of aromatic nitrogens is 1. The smallest absolute Gasteiger partial charge is 0.410 e. The van der Waals surface area contributed by atoms with E-state index in [9.17, 15) is 9.35 Å². The second kappa shape index (κ2) is 7.29. The molecule has 1 aromatic rings. The molecule has 1 aliphatic carbocycles. The van der Waals surface area contributed by atoms with Gasteiger partial charge in [-0.15, -0.1) is 11.3 Å². The van der Waals surface area contributed by atoms with Crippen molar-refractivity contribution in [1.82, 2.24) is 9.88 Å². The minimum atomic E-state index is -1.32. The third-order valence-electron chi connectivity index (χ3n) is 5.10. The van der Waals surface area contributed by atoms with Crippen molar-refractivity contribution >= 4 is 34.5 Å². The van der Waals surface area contributed by atoms with Crippen LogP contribution in [-0.4, -0.2) is 49.7 Å². The molecule has 1 unspecified atom stereocenters. The standard InChI is InChI=1S/C20H31N3O3S2/c1-13-21-14-12-20(16(15(14)27-13)22-28(25)19(5,6)7)8-10-23(11-9-20)17(24)26-18(2,3)4/h8-12H2,1-7H3. The van der Waals surface area contributed by atoms with E-state index in [0.717, 1.165) is 40.6 Å². The van der Waals surface area contributed by atoms with Crippen LogP contribution in [0.1, 0.15) is 70.0 Å². The largest absolute Gasteiger partial charge is 0.591 e. The third-order valence-corrected chi connectivity index (χ3v) is 7.51. The lowest BCUT2D eigenvalue weighted by atomic mass is 9.75. The number of carbonyl (C=O) groups is 1. The summed E-state index contributed by atoms with van der Waals surface area (Å²) in [5.41, 5.74) is 1.32. The number of amides is 1. The molecule has 0 saturated carbocycles. The van der Waals surface area contributed by atoms with E-state index >= 15 is 0 Å². The molecule has 0 radical (unpaired) electrons. The molecule has 3 rings (SSSR count). The van der Waals surface area contributed by atoms with Crippen molar-refractivity contribution in [2.24, 2.45) is 9.81 Å². The highest BCUT2D eigenvalue weighted by atomic mass is 32.2. The third kappa shape index (κ3) is 4.39. The summed E-state index contributed by atoms with van der Waals surface area (Å²) in [4.78, 5) is 20.0. The summed E-state index contributed by atoms with van der Waals surface area (Å²) in [6.07, 6.45) is 2.12. The number of hydrogen-bond acceptors (Lipinski definition) is 6. The molecule has 1 atom stereocenters. The van der Waals surface area contributed by atoms with Crippen LogP contribution in [0.2, 0.25) is 0 Å². The molecule has 6 nitrogen and oxygen atoms in total. The first-order chi connectivity index (χ1) is 12.8. The van der Waals surface area contributed by atoms with Gasteiger partial charge < -0.3 is 14.2 Å². The number of thiazole rings is 1. The quantitative estimate of drug-likeness (QED) is 0.629. The Balaban J connectivity index is 1.84. The van der Waals surface area contributed by atoms with E-state index in [0.29, 0.717) is 13.1 Å². The van der Waals surface area contributed by atoms with Crippen LogP contribution in [-0.2, 0) is 22.5 Å². The van der Waals surface area contributed by atoms with E-state index in [1.165, 1.54) is 0 Å². The van der Waals surface area contributed by atoms with Crippen molar-refractivity contribution in [2.75, 3.05) is 13.1 Å². The van der Waals surface area contributed by atoms with Gasteiger partial charge in [0.15, 0.2) is 0 Å². The maximum absolute atomic E-state index is 12.8. The number of piperidine rings is 1. The number of nitrogens with zero attached hydrogens (tertiary/aromatic N) is 3. The van der Waals surface area contributed by atoms with E-state index in [2.05, 4.69) is 0 Å². The lowest BCUT2D eigenvalue weighted by Gasteiger charge is -2.39. The lowest BCUT2D eigenvalue weighted by Crippen LogP contribution is -2.47. The molecule has 0 bridgehead atoms. The van der Waals surface area contributed by atoms with Gasteiger partial charge in [0.1, 0.15) is 27.4 Å². The molecule has 1 fully saturated rings. The number of rotatable bonds is 1. The van der Waals surface area contributed by atoms with E-state index < -0.39 is 21.7 Å². The van der Waals surface area contributed by atoms with Crippen molar-refractivity contribution in [3.05, 3.63) is 15.6 Å². The molecule has 28 heavy (non-hydrogen) atoms. The normalized spacial score (nSPS) is 21.9. The maximum atomic E-state index is 12.8. The minimum Gasteiger partial charge on any atom is -0.591 e. The SMILES string of the molecule is Cc1nc2c(s1)C(=N[S+]([O-])C(C)(C)C)C1(CCN(C(=O)OC(C)(C)C)CC1)C2. The maximum Gasteiger partial charge on any atom is 0.410 e. The Morgan fingerprint density at radius 3 is 2.39 bits per heavy atom. The first-order valence-corrected chi connectivity index (χ1v) is 11.7. The topological polar surface area (TPSA) is 77.9 Å². The molecule has 0 aromatic carbocycles. The Hall–Kier alpha value is -1.12. The Morgan fingerprint density at radius 2 is 1.86 bits per heavy atom.